The van der Waals surface area contributed by atoms with Gasteiger partial charge in [0, 0.05) is 16.1 Å². The lowest BCUT2D eigenvalue weighted by Crippen LogP contribution is -2.04. The number of aromatic nitrogens is 3. The minimum atomic E-state index is 0.201. The van der Waals surface area contributed by atoms with Crippen LogP contribution in [0.25, 0.3) is 11.4 Å². The van der Waals surface area contributed by atoms with Gasteiger partial charge in [-0.05, 0) is 38.1 Å². The molecular formula is C15H15ClN4S. The molecule has 2 N–H and O–H groups in total. The van der Waals surface area contributed by atoms with Crippen molar-refractivity contribution in [2.24, 2.45) is 0 Å². The SMILES string of the molecule is Cc1nc(-c2cccc(NC(C)c3ccc(Cl)s3)c2)n[nH]1. The van der Waals surface area contributed by atoms with E-state index >= 15 is 0 Å². The van der Waals surface area contributed by atoms with Crippen LogP contribution in [0.2, 0.25) is 4.34 Å². The van der Waals surface area contributed by atoms with Crippen molar-refractivity contribution in [2.75, 3.05) is 5.32 Å². The number of aromatic amines is 1. The van der Waals surface area contributed by atoms with E-state index in [0.717, 1.165) is 21.4 Å². The maximum atomic E-state index is 5.99. The molecule has 0 aliphatic carbocycles. The molecule has 1 atom stereocenters. The second-order valence-corrected chi connectivity index (χ2v) is 6.58. The molecule has 6 heteroatoms. The third-order valence-electron chi connectivity index (χ3n) is 3.12. The number of benzene rings is 1. The number of anilines is 1. The van der Waals surface area contributed by atoms with Crippen molar-refractivity contribution in [1.29, 1.82) is 0 Å². The molecule has 0 spiro atoms. The first-order chi connectivity index (χ1) is 10.1. The molecule has 0 bridgehead atoms. The quantitative estimate of drug-likeness (QED) is 0.735. The third kappa shape index (κ3) is 3.25. The van der Waals surface area contributed by atoms with Crippen molar-refractivity contribution < 1.29 is 0 Å². The van der Waals surface area contributed by atoms with E-state index in [2.05, 4.69) is 27.4 Å². The van der Waals surface area contributed by atoms with Crippen LogP contribution in [0.5, 0.6) is 0 Å². The summed E-state index contributed by atoms with van der Waals surface area (Å²) in [6.45, 7) is 4.01. The lowest BCUT2D eigenvalue weighted by molar-refractivity contribution is 0.908. The van der Waals surface area contributed by atoms with Gasteiger partial charge in [-0.2, -0.15) is 5.10 Å². The molecule has 2 aromatic heterocycles. The van der Waals surface area contributed by atoms with Crippen LogP contribution in [0.3, 0.4) is 0 Å². The van der Waals surface area contributed by atoms with Gasteiger partial charge in [0.1, 0.15) is 5.82 Å². The van der Waals surface area contributed by atoms with Gasteiger partial charge in [0.05, 0.1) is 10.4 Å². The number of hydrogen-bond acceptors (Lipinski definition) is 4. The molecule has 4 nitrogen and oxygen atoms in total. The molecule has 0 amide bonds. The molecule has 0 fully saturated rings. The summed E-state index contributed by atoms with van der Waals surface area (Å²) >= 11 is 7.58. The molecule has 0 radical (unpaired) electrons. The van der Waals surface area contributed by atoms with Crippen LogP contribution in [0.15, 0.2) is 36.4 Å². The minimum Gasteiger partial charge on any atom is -0.378 e. The van der Waals surface area contributed by atoms with Crippen molar-refractivity contribution >= 4 is 28.6 Å². The highest BCUT2D eigenvalue weighted by atomic mass is 35.5. The summed E-state index contributed by atoms with van der Waals surface area (Å²) in [7, 11) is 0. The zero-order valence-electron chi connectivity index (χ0n) is 11.7. The average molecular weight is 319 g/mol. The largest absolute Gasteiger partial charge is 0.378 e. The molecule has 21 heavy (non-hydrogen) atoms. The van der Waals surface area contributed by atoms with E-state index < -0.39 is 0 Å². The van der Waals surface area contributed by atoms with Crippen molar-refractivity contribution in [2.45, 2.75) is 19.9 Å². The van der Waals surface area contributed by atoms with E-state index in [0.29, 0.717) is 5.82 Å². The Morgan fingerprint density at radius 3 is 2.81 bits per heavy atom. The molecule has 1 aromatic carbocycles. The van der Waals surface area contributed by atoms with Crippen LogP contribution in [0.4, 0.5) is 5.69 Å². The van der Waals surface area contributed by atoms with Gasteiger partial charge in [0.15, 0.2) is 5.82 Å². The average Bonchev–Trinajstić information content (AvgIpc) is 3.08. The molecule has 3 rings (SSSR count). The predicted octanol–water partition coefficient (Wildman–Crippen LogP) is 4.67. The zero-order valence-corrected chi connectivity index (χ0v) is 13.3. The molecule has 1 unspecified atom stereocenters. The van der Waals surface area contributed by atoms with Gasteiger partial charge in [-0.25, -0.2) is 4.98 Å². The van der Waals surface area contributed by atoms with E-state index in [1.807, 2.05) is 43.3 Å². The Kier molecular flexibility index (Phi) is 3.94. The third-order valence-corrected chi connectivity index (χ3v) is 4.54. The number of hydrogen-bond donors (Lipinski definition) is 2. The second-order valence-electron chi connectivity index (χ2n) is 4.83. The molecule has 0 saturated carbocycles. The Labute approximate surface area is 132 Å². The summed E-state index contributed by atoms with van der Waals surface area (Å²) in [4.78, 5) is 5.56. The Bertz CT molecular complexity index is 749. The van der Waals surface area contributed by atoms with E-state index in [1.165, 1.54) is 4.88 Å². The zero-order chi connectivity index (χ0) is 14.8. The molecule has 0 saturated heterocycles. The topological polar surface area (TPSA) is 53.6 Å². The van der Waals surface area contributed by atoms with Gasteiger partial charge in [-0.1, -0.05) is 23.7 Å². The Morgan fingerprint density at radius 1 is 1.29 bits per heavy atom. The first-order valence-corrected chi connectivity index (χ1v) is 7.82. The molecule has 3 aromatic rings. The smallest absolute Gasteiger partial charge is 0.181 e. The van der Waals surface area contributed by atoms with E-state index in [1.54, 1.807) is 11.3 Å². The summed E-state index contributed by atoms with van der Waals surface area (Å²) in [5.74, 6) is 1.52. The Balaban J connectivity index is 1.80. The van der Waals surface area contributed by atoms with Crippen LogP contribution in [-0.4, -0.2) is 15.2 Å². The summed E-state index contributed by atoms with van der Waals surface area (Å²) in [5, 5.41) is 10.5. The van der Waals surface area contributed by atoms with Crippen LogP contribution in [0.1, 0.15) is 23.7 Å². The van der Waals surface area contributed by atoms with Crippen LogP contribution < -0.4 is 5.32 Å². The number of nitrogens with one attached hydrogen (secondary N) is 2. The summed E-state index contributed by atoms with van der Waals surface area (Å²) < 4.78 is 0.809. The molecule has 0 aliphatic heterocycles. The maximum absolute atomic E-state index is 5.99. The van der Waals surface area contributed by atoms with Gasteiger partial charge >= 0.3 is 0 Å². The number of aryl methyl sites for hydroxylation is 1. The van der Waals surface area contributed by atoms with Crippen molar-refractivity contribution in [1.82, 2.24) is 15.2 Å². The maximum Gasteiger partial charge on any atom is 0.181 e. The number of halogens is 1. The number of thiophene rings is 1. The highest BCUT2D eigenvalue weighted by Crippen LogP contribution is 2.29. The monoisotopic (exact) mass is 318 g/mol. The number of H-pyrrole nitrogens is 1. The summed E-state index contributed by atoms with van der Waals surface area (Å²) in [6, 6.07) is 12.3. The van der Waals surface area contributed by atoms with Gasteiger partial charge < -0.3 is 5.32 Å². The van der Waals surface area contributed by atoms with Crippen LogP contribution >= 0.6 is 22.9 Å². The molecular weight excluding hydrogens is 304 g/mol. The Hall–Kier alpha value is -1.85. The highest BCUT2D eigenvalue weighted by Gasteiger charge is 2.09. The van der Waals surface area contributed by atoms with Gasteiger partial charge in [0.25, 0.3) is 0 Å². The van der Waals surface area contributed by atoms with Crippen molar-refractivity contribution in [3.63, 3.8) is 0 Å². The van der Waals surface area contributed by atoms with Crippen molar-refractivity contribution in [3.05, 3.63) is 51.4 Å². The van der Waals surface area contributed by atoms with E-state index in [-0.39, 0.29) is 6.04 Å². The van der Waals surface area contributed by atoms with E-state index in [4.69, 9.17) is 11.6 Å². The van der Waals surface area contributed by atoms with Crippen LogP contribution in [0, 0.1) is 6.92 Å². The highest BCUT2D eigenvalue weighted by molar-refractivity contribution is 7.16. The van der Waals surface area contributed by atoms with E-state index in [9.17, 15) is 0 Å². The van der Waals surface area contributed by atoms with Gasteiger partial charge in [-0.3, -0.25) is 5.10 Å². The van der Waals surface area contributed by atoms with Gasteiger partial charge in [-0.15, -0.1) is 11.3 Å². The second kappa shape index (κ2) is 5.87. The lowest BCUT2D eigenvalue weighted by atomic mass is 10.1. The number of rotatable bonds is 4. The normalized spacial score (nSPS) is 12.3. The first-order valence-electron chi connectivity index (χ1n) is 6.63. The molecule has 2 heterocycles. The molecule has 108 valence electrons. The van der Waals surface area contributed by atoms with Crippen molar-refractivity contribution in [3.8, 4) is 11.4 Å². The first kappa shape index (κ1) is 14.1. The number of nitrogens with zero attached hydrogens (tertiary/aromatic N) is 2. The van der Waals surface area contributed by atoms with Crippen LogP contribution in [-0.2, 0) is 0 Å². The predicted molar refractivity (Wildman–Crippen MR) is 87.9 cm³/mol. The van der Waals surface area contributed by atoms with Gasteiger partial charge in [0.2, 0.25) is 0 Å². The fourth-order valence-corrected chi connectivity index (χ4v) is 3.17. The fraction of sp³-hybridized carbons (Fsp3) is 0.200. The summed E-state index contributed by atoms with van der Waals surface area (Å²) in [6.07, 6.45) is 0. The lowest BCUT2D eigenvalue weighted by Gasteiger charge is -2.14. The Morgan fingerprint density at radius 2 is 2.14 bits per heavy atom. The fourth-order valence-electron chi connectivity index (χ4n) is 2.10. The summed E-state index contributed by atoms with van der Waals surface area (Å²) in [5.41, 5.74) is 2.02. The minimum absolute atomic E-state index is 0.201. The molecule has 0 aliphatic rings. The standard InChI is InChI=1S/C15H15ClN4S/c1-9(13-6-7-14(16)21-13)17-12-5-3-4-11(8-12)15-18-10(2)19-20-15/h3-9,17H,1-2H3,(H,18,19,20).